The average molecular weight is 255 g/mol. The highest BCUT2D eigenvalue weighted by Gasteiger charge is 2.25. The molecule has 0 saturated heterocycles. The molecule has 0 rings (SSSR count). The lowest BCUT2D eigenvalue weighted by Crippen LogP contribution is -2.44. The quantitative estimate of drug-likeness (QED) is 0.615. The smallest absolute Gasteiger partial charge is 0.408 e. The van der Waals surface area contributed by atoms with E-state index in [-0.39, 0.29) is 12.5 Å². The molecule has 5 heteroatoms. The van der Waals surface area contributed by atoms with Crippen molar-refractivity contribution in [2.24, 2.45) is 0 Å². The Balaban J connectivity index is 4.49. The minimum absolute atomic E-state index is 0.0603. The highest BCUT2D eigenvalue weighted by molar-refractivity contribution is 5.81. The van der Waals surface area contributed by atoms with E-state index in [1.165, 1.54) is 0 Å². The summed E-state index contributed by atoms with van der Waals surface area (Å²) < 4.78 is 10.0. The molecule has 0 aromatic carbocycles. The summed E-state index contributed by atoms with van der Waals surface area (Å²) in [4.78, 5) is 23.2. The number of carbonyl (C=O) groups excluding carboxylic acids is 2. The minimum Gasteiger partial charge on any atom is -0.461 e. The van der Waals surface area contributed by atoms with Crippen molar-refractivity contribution in [3.63, 3.8) is 0 Å². The van der Waals surface area contributed by atoms with Crippen molar-refractivity contribution in [3.05, 3.63) is 0 Å². The molecule has 0 heterocycles. The van der Waals surface area contributed by atoms with E-state index in [4.69, 9.17) is 15.9 Å². The first-order valence-electron chi connectivity index (χ1n) is 5.79. The van der Waals surface area contributed by atoms with Crippen molar-refractivity contribution in [2.45, 2.75) is 58.8 Å². The molecule has 18 heavy (non-hydrogen) atoms. The van der Waals surface area contributed by atoms with Crippen molar-refractivity contribution < 1.29 is 19.1 Å². The topological polar surface area (TPSA) is 64.6 Å². The van der Waals surface area contributed by atoms with Crippen molar-refractivity contribution in [1.29, 1.82) is 0 Å². The molecule has 1 N–H and O–H groups in total. The van der Waals surface area contributed by atoms with Gasteiger partial charge >= 0.3 is 12.1 Å². The first kappa shape index (κ1) is 16.3. The van der Waals surface area contributed by atoms with E-state index in [1.807, 2.05) is 0 Å². The second-order valence-corrected chi connectivity index (χ2v) is 5.09. The van der Waals surface area contributed by atoms with Gasteiger partial charge < -0.3 is 14.8 Å². The Labute approximate surface area is 108 Å². The lowest BCUT2D eigenvalue weighted by atomic mass is 10.2. The summed E-state index contributed by atoms with van der Waals surface area (Å²) in [5.41, 5.74) is -0.632. The first-order chi connectivity index (χ1) is 8.15. The van der Waals surface area contributed by atoms with Crippen molar-refractivity contribution in [1.82, 2.24) is 5.32 Å². The molecule has 5 nitrogen and oxygen atoms in total. The molecule has 0 aliphatic heterocycles. The molecule has 0 bridgehead atoms. The van der Waals surface area contributed by atoms with Crippen LogP contribution >= 0.6 is 0 Å². The van der Waals surface area contributed by atoms with Crippen LogP contribution in [-0.4, -0.2) is 29.8 Å². The van der Waals surface area contributed by atoms with Crippen molar-refractivity contribution in [2.75, 3.05) is 0 Å². The van der Waals surface area contributed by atoms with Gasteiger partial charge in [-0.2, -0.15) is 0 Å². The molecule has 0 aromatic heterocycles. The molecule has 0 spiro atoms. The number of nitrogens with one attached hydrogen (secondary N) is 1. The van der Waals surface area contributed by atoms with Crippen LogP contribution in [0.5, 0.6) is 0 Å². The van der Waals surface area contributed by atoms with Gasteiger partial charge in [0.05, 0.1) is 6.10 Å². The first-order valence-corrected chi connectivity index (χ1v) is 5.79. The van der Waals surface area contributed by atoms with Crippen molar-refractivity contribution in [3.8, 4) is 12.3 Å². The van der Waals surface area contributed by atoms with Gasteiger partial charge in [0.1, 0.15) is 11.6 Å². The van der Waals surface area contributed by atoms with Crippen LogP contribution in [0.1, 0.15) is 41.0 Å². The predicted molar refractivity (Wildman–Crippen MR) is 67.8 cm³/mol. The Kier molecular flexibility index (Phi) is 6.24. The number of amides is 1. The molecule has 0 aliphatic carbocycles. The number of rotatable bonds is 4. The second-order valence-electron chi connectivity index (χ2n) is 5.09. The van der Waals surface area contributed by atoms with Gasteiger partial charge in [-0.3, -0.25) is 0 Å². The number of carbonyl (C=O) groups is 2. The second kappa shape index (κ2) is 6.90. The van der Waals surface area contributed by atoms with Crippen molar-refractivity contribution >= 4 is 12.1 Å². The molecule has 102 valence electrons. The molecule has 1 unspecified atom stereocenters. The van der Waals surface area contributed by atoms with Gasteiger partial charge in [-0.05, 0) is 34.6 Å². The van der Waals surface area contributed by atoms with Crippen LogP contribution in [0.2, 0.25) is 0 Å². The number of esters is 1. The number of hydrogen-bond donors (Lipinski definition) is 1. The predicted octanol–water partition coefficient (Wildman–Crippen LogP) is 1.85. The molecule has 0 radical (unpaired) electrons. The summed E-state index contributed by atoms with van der Waals surface area (Å²) in [6.07, 6.45) is 4.25. The fourth-order valence-electron chi connectivity index (χ4n) is 1.08. The zero-order chi connectivity index (χ0) is 14.3. The Morgan fingerprint density at radius 1 is 1.33 bits per heavy atom. The Bertz CT molecular complexity index is 336. The summed E-state index contributed by atoms with van der Waals surface area (Å²) >= 11 is 0. The van der Waals surface area contributed by atoms with Gasteiger partial charge in [-0.1, -0.05) is 0 Å². The fourth-order valence-corrected chi connectivity index (χ4v) is 1.08. The fraction of sp³-hybridized carbons (Fsp3) is 0.692. The van der Waals surface area contributed by atoms with Crippen LogP contribution in [0.3, 0.4) is 0 Å². The van der Waals surface area contributed by atoms with E-state index < -0.39 is 23.7 Å². The van der Waals surface area contributed by atoms with E-state index in [1.54, 1.807) is 34.6 Å². The van der Waals surface area contributed by atoms with E-state index >= 15 is 0 Å². The lowest BCUT2D eigenvalue weighted by Gasteiger charge is -2.22. The van der Waals surface area contributed by atoms with Gasteiger partial charge in [0.2, 0.25) is 0 Å². The number of hydrogen-bond acceptors (Lipinski definition) is 4. The molecule has 0 fully saturated rings. The lowest BCUT2D eigenvalue weighted by molar-refractivity contribution is -0.149. The van der Waals surface area contributed by atoms with E-state index in [0.717, 1.165) is 0 Å². The average Bonchev–Trinajstić information content (AvgIpc) is 2.12. The summed E-state index contributed by atoms with van der Waals surface area (Å²) in [5.74, 6) is 1.76. The number of ether oxygens (including phenoxy) is 2. The van der Waals surface area contributed by atoms with Gasteiger partial charge in [0.25, 0.3) is 0 Å². The number of alkyl carbamates (subject to hydrolysis) is 1. The van der Waals surface area contributed by atoms with Crippen LogP contribution in [0.25, 0.3) is 0 Å². The molecular formula is C13H21NO4. The van der Waals surface area contributed by atoms with E-state index in [0.29, 0.717) is 0 Å². The van der Waals surface area contributed by atoms with Gasteiger partial charge in [-0.25, -0.2) is 9.59 Å². The van der Waals surface area contributed by atoms with Crippen LogP contribution in [0.4, 0.5) is 4.79 Å². The Morgan fingerprint density at radius 2 is 1.89 bits per heavy atom. The molecule has 1 atom stereocenters. The highest BCUT2D eigenvalue weighted by Crippen LogP contribution is 2.07. The van der Waals surface area contributed by atoms with Gasteiger partial charge in [0.15, 0.2) is 0 Å². The van der Waals surface area contributed by atoms with Crippen LogP contribution in [-0.2, 0) is 14.3 Å². The summed E-state index contributed by atoms with van der Waals surface area (Å²) in [6, 6.07) is -0.882. The maximum atomic E-state index is 11.7. The van der Waals surface area contributed by atoms with Crippen LogP contribution < -0.4 is 5.32 Å². The monoisotopic (exact) mass is 255 g/mol. The maximum absolute atomic E-state index is 11.7. The Morgan fingerprint density at radius 3 is 2.28 bits per heavy atom. The molecule has 0 saturated carbocycles. The molecule has 0 aromatic rings. The zero-order valence-corrected chi connectivity index (χ0v) is 11.6. The number of terminal acetylenes is 1. The SMILES string of the molecule is C#CCC(NC(=O)OC(C)(C)C)C(=O)OC(C)C. The normalized spacial score (nSPS) is 12.5. The third kappa shape index (κ3) is 7.55. The minimum atomic E-state index is -0.882. The largest absolute Gasteiger partial charge is 0.461 e. The molecular weight excluding hydrogens is 234 g/mol. The standard InChI is InChI=1S/C13H21NO4/c1-7-8-10(11(15)17-9(2)3)14-12(16)18-13(4,5)6/h1,9-10H,8H2,2-6H3,(H,14,16). The van der Waals surface area contributed by atoms with E-state index in [2.05, 4.69) is 11.2 Å². The maximum Gasteiger partial charge on any atom is 0.408 e. The van der Waals surface area contributed by atoms with E-state index in [9.17, 15) is 9.59 Å². The summed E-state index contributed by atoms with van der Waals surface area (Å²) in [5, 5.41) is 2.40. The summed E-state index contributed by atoms with van der Waals surface area (Å²) in [7, 11) is 0. The third-order valence-corrected chi connectivity index (χ3v) is 1.65. The van der Waals surface area contributed by atoms with Gasteiger partial charge in [-0.15, -0.1) is 12.3 Å². The van der Waals surface area contributed by atoms with Gasteiger partial charge in [0, 0.05) is 6.42 Å². The molecule has 0 aliphatic rings. The van der Waals surface area contributed by atoms with Crippen LogP contribution in [0.15, 0.2) is 0 Å². The summed E-state index contributed by atoms with van der Waals surface area (Å²) in [6.45, 7) is 8.64. The molecule has 1 amide bonds. The van der Waals surface area contributed by atoms with Crippen LogP contribution in [0, 0.1) is 12.3 Å². The zero-order valence-electron chi connectivity index (χ0n) is 11.6. The third-order valence-electron chi connectivity index (χ3n) is 1.65. The highest BCUT2D eigenvalue weighted by atomic mass is 16.6. The Hall–Kier alpha value is -1.70.